The van der Waals surface area contributed by atoms with E-state index in [4.69, 9.17) is 5.11 Å². The van der Waals surface area contributed by atoms with Crippen LogP contribution >= 0.6 is 0 Å². The van der Waals surface area contributed by atoms with Crippen molar-refractivity contribution in [1.82, 2.24) is 0 Å². The Balaban J connectivity index is 2.80. The van der Waals surface area contributed by atoms with Crippen LogP contribution in [0.1, 0.15) is 29.3 Å². The average molecular weight is 260 g/mol. The van der Waals surface area contributed by atoms with Gasteiger partial charge < -0.3 is 5.11 Å². The summed E-state index contributed by atoms with van der Waals surface area (Å²) in [7, 11) is 0. The molecule has 0 saturated heterocycles. The van der Waals surface area contributed by atoms with Gasteiger partial charge in [-0.05, 0) is 12.1 Å². The Labute approximate surface area is 101 Å². The molecule has 0 aromatic heterocycles. The van der Waals surface area contributed by atoms with Crippen LogP contribution in [-0.2, 0) is 11.0 Å². The molecule has 0 fully saturated rings. The Morgan fingerprint density at radius 1 is 1.22 bits per heavy atom. The highest BCUT2D eigenvalue weighted by Crippen LogP contribution is 2.29. The van der Waals surface area contributed by atoms with E-state index < -0.39 is 29.4 Å². The van der Waals surface area contributed by atoms with Crippen LogP contribution in [-0.4, -0.2) is 16.9 Å². The molecule has 0 saturated carbocycles. The molecule has 0 radical (unpaired) electrons. The van der Waals surface area contributed by atoms with Crippen molar-refractivity contribution in [2.75, 3.05) is 0 Å². The summed E-state index contributed by atoms with van der Waals surface area (Å²) in [6, 6.07) is 3.72. The van der Waals surface area contributed by atoms with Crippen LogP contribution in [0.15, 0.2) is 24.3 Å². The number of alkyl halides is 3. The molecular weight excluding hydrogens is 249 g/mol. The monoisotopic (exact) mass is 260 g/mol. The van der Waals surface area contributed by atoms with Crippen molar-refractivity contribution in [2.45, 2.75) is 19.5 Å². The minimum Gasteiger partial charge on any atom is -0.481 e. The standard InChI is InChI=1S/C12H11F3O3/c1-7(11(17)18)6-10(16)8-2-4-9(5-3-8)12(13,14)15/h2-5,7H,6H2,1H3,(H,17,18)/t7-/m0/s1. The van der Waals surface area contributed by atoms with Gasteiger partial charge in [0.2, 0.25) is 0 Å². The zero-order chi connectivity index (χ0) is 13.9. The zero-order valence-corrected chi connectivity index (χ0v) is 9.49. The van der Waals surface area contributed by atoms with Gasteiger partial charge in [-0.2, -0.15) is 13.2 Å². The van der Waals surface area contributed by atoms with Crippen LogP contribution in [0.5, 0.6) is 0 Å². The SMILES string of the molecule is C[C@@H](CC(=O)c1ccc(C(F)(F)F)cc1)C(=O)O. The number of hydrogen-bond donors (Lipinski definition) is 1. The smallest absolute Gasteiger partial charge is 0.416 e. The van der Waals surface area contributed by atoms with Crippen LogP contribution < -0.4 is 0 Å². The molecule has 0 aliphatic heterocycles. The molecule has 0 amide bonds. The lowest BCUT2D eigenvalue weighted by Crippen LogP contribution is -2.15. The molecule has 0 spiro atoms. The molecule has 3 nitrogen and oxygen atoms in total. The minimum atomic E-state index is -4.45. The highest BCUT2D eigenvalue weighted by molar-refractivity contribution is 5.97. The Hall–Kier alpha value is -1.85. The maximum atomic E-state index is 12.3. The Bertz CT molecular complexity index is 449. The summed E-state index contributed by atoms with van der Waals surface area (Å²) < 4.78 is 36.8. The second-order valence-electron chi connectivity index (χ2n) is 3.94. The quantitative estimate of drug-likeness (QED) is 0.846. The number of halogens is 3. The van der Waals surface area contributed by atoms with Crippen molar-refractivity contribution in [2.24, 2.45) is 5.92 Å². The minimum absolute atomic E-state index is 0.0797. The van der Waals surface area contributed by atoms with Gasteiger partial charge in [0.25, 0.3) is 0 Å². The molecule has 98 valence electrons. The number of Topliss-reactive ketones (excluding diaryl/α,β-unsaturated/α-hetero) is 1. The van der Waals surface area contributed by atoms with Gasteiger partial charge in [0.05, 0.1) is 11.5 Å². The fraction of sp³-hybridized carbons (Fsp3) is 0.333. The van der Waals surface area contributed by atoms with Crippen LogP contribution in [0.4, 0.5) is 13.2 Å². The third-order valence-corrected chi connectivity index (χ3v) is 2.45. The van der Waals surface area contributed by atoms with E-state index in [2.05, 4.69) is 0 Å². The maximum absolute atomic E-state index is 12.3. The van der Waals surface area contributed by atoms with E-state index >= 15 is 0 Å². The van der Waals surface area contributed by atoms with Gasteiger partial charge in [-0.1, -0.05) is 19.1 Å². The normalized spacial score (nSPS) is 13.1. The molecule has 18 heavy (non-hydrogen) atoms. The van der Waals surface area contributed by atoms with Gasteiger partial charge in [-0.3, -0.25) is 9.59 Å². The molecule has 0 bridgehead atoms. The van der Waals surface area contributed by atoms with Gasteiger partial charge in [-0.15, -0.1) is 0 Å². The van der Waals surface area contributed by atoms with Crippen LogP contribution in [0.2, 0.25) is 0 Å². The first-order valence-corrected chi connectivity index (χ1v) is 5.15. The van der Waals surface area contributed by atoms with Gasteiger partial charge in [0.15, 0.2) is 5.78 Å². The van der Waals surface area contributed by atoms with Crippen LogP contribution in [0.3, 0.4) is 0 Å². The van der Waals surface area contributed by atoms with Crippen molar-refractivity contribution in [1.29, 1.82) is 0 Å². The molecule has 0 unspecified atom stereocenters. The van der Waals surface area contributed by atoms with Crippen molar-refractivity contribution in [3.63, 3.8) is 0 Å². The predicted octanol–water partition coefficient (Wildman–Crippen LogP) is 3.00. The van der Waals surface area contributed by atoms with Gasteiger partial charge in [0, 0.05) is 12.0 Å². The zero-order valence-electron chi connectivity index (χ0n) is 9.49. The fourth-order valence-corrected chi connectivity index (χ4v) is 1.33. The molecule has 0 heterocycles. The molecule has 1 N–H and O–H groups in total. The second-order valence-corrected chi connectivity index (χ2v) is 3.94. The summed E-state index contributed by atoms with van der Waals surface area (Å²) >= 11 is 0. The lowest BCUT2D eigenvalue weighted by atomic mass is 9.99. The summed E-state index contributed by atoms with van der Waals surface area (Å²) in [5.74, 6) is -2.46. The van der Waals surface area contributed by atoms with E-state index in [0.717, 1.165) is 24.3 Å². The second kappa shape index (κ2) is 5.20. The Kier molecular flexibility index (Phi) is 4.11. The van der Waals surface area contributed by atoms with E-state index in [-0.39, 0.29) is 12.0 Å². The first kappa shape index (κ1) is 14.2. The topological polar surface area (TPSA) is 54.4 Å². The Morgan fingerprint density at radius 3 is 2.11 bits per heavy atom. The van der Waals surface area contributed by atoms with E-state index in [9.17, 15) is 22.8 Å². The number of rotatable bonds is 4. The van der Waals surface area contributed by atoms with Gasteiger partial charge in [-0.25, -0.2) is 0 Å². The van der Waals surface area contributed by atoms with Gasteiger partial charge in [0.1, 0.15) is 0 Å². The summed E-state index contributed by atoms with van der Waals surface area (Å²) in [6.45, 7) is 1.37. The maximum Gasteiger partial charge on any atom is 0.416 e. The molecule has 1 aromatic carbocycles. The highest BCUT2D eigenvalue weighted by atomic mass is 19.4. The van der Waals surface area contributed by atoms with E-state index in [0.29, 0.717) is 0 Å². The lowest BCUT2D eigenvalue weighted by molar-refractivity contribution is -0.141. The van der Waals surface area contributed by atoms with Crippen molar-refractivity contribution in [3.8, 4) is 0 Å². The molecule has 1 aromatic rings. The Morgan fingerprint density at radius 2 is 1.72 bits per heavy atom. The highest BCUT2D eigenvalue weighted by Gasteiger charge is 2.30. The molecular formula is C12H11F3O3. The number of hydrogen-bond acceptors (Lipinski definition) is 2. The van der Waals surface area contributed by atoms with Crippen LogP contribution in [0.25, 0.3) is 0 Å². The summed E-state index contributed by atoms with van der Waals surface area (Å²) in [5, 5.41) is 8.63. The van der Waals surface area contributed by atoms with Crippen molar-refractivity contribution < 1.29 is 27.9 Å². The summed E-state index contributed by atoms with van der Waals surface area (Å²) in [5.41, 5.74) is -0.763. The third kappa shape index (κ3) is 3.58. The average Bonchev–Trinajstić information content (AvgIpc) is 2.27. The third-order valence-electron chi connectivity index (χ3n) is 2.45. The summed E-state index contributed by atoms with van der Waals surface area (Å²) in [4.78, 5) is 22.1. The number of carboxylic acids is 1. The predicted molar refractivity (Wildman–Crippen MR) is 57.2 cm³/mol. The van der Waals surface area contributed by atoms with Crippen molar-refractivity contribution >= 4 is 11.8 Å². The fourth-order valence-electron chi connectivity index (χ4n) is 1.33. The van der Waals surface area contributed by atoms with Crippen molar-refractivity contribution in [3.05, 3.63) is 35.4 Å². The lowest BCUT2D eigenvalue weighted by Gasteiger charge is -2.08. The first-order valence-electron chi connectivity index (χ1n) is 5.15. The summed E-state index contributed by atoms with van der Waals surface area (Å²) in [6.07, 6.45) is -4.68. The molecule has 0 aliphatic carbocycles. The number of benzene rings is 1. The van der Waals surface area contributed by atoms with E-state index in [1.807, 2.05) is 0 Å². The van der Waals surface area contributed by atoms with Gasteiger partial charge >= 0.3 is 12.1 Å². The molecule has 1 atom stereocenters. The largest absolute Gasteiger partial charge is 0.481 e. The first-order chi connectivity index (χ1) is 8.21. The number of carbonyl (C=O) groups is 2. The molecule has 6 heteroatoms. The number of ketones is 1. The van der Waals surface area contributed by atoms with Crippen LogP contribution in [0, 0.1) is 5.92 Å². The number of carboxylic acid groups (broad SMARTS) is 1. The molecule has 0 aliphatic rings. The molecule has 1 rings (SSSR count). The van der Waals surface area contributed by atoms with E-state index in [1.165, 1.54) is 6.92 Å². The number of aliphatic carboxylic acids is 1. The number of carbonyl (C=O) groups excluding carboxylic acids is 1. The van der Waals surface area contributed by atoms with E-state index in [1.54, 1.807) is 0 Å².